The lowest BCUT2D eigenvalue weighted by Gasteiger charge is -2.18. The molecule has 8 heteroatoms. The van der Waals surface area contributed by atoms with Gasteiger partial charge in [0.2, 0.25) is 0 Å². The molecule has 0 aromatic heterocycles. The van der Waals surface area contributed by atoms with Gasteiger partial charge in [-0.1, -0.05) is 36.4 Å². The molecule has 0 bridgehead atoms. The smallest absolute Gasteiger partial charge is 0.305 e. The lowest BCUT2D eigenvalue weighted by atomic mass is 9.91. The Labute approximate surface area is 200 Å². The molecule has 0 amide bonds. The number of hydrogen-bond donors (Lipinski definition) is 3. The number of esters is 1. The van der Waals surface area contributed by atoms with Crippen LogP contribution in [0.4, 0.5) is 0 Å². The van der Waals surface area contributed by atoms with E-state index in [1.165, 1.54) is 0 Å². The molecule has 0 unspecified atom stereocenters. The Hall–Kier alpha value is -1.71. The fourth-order valence-corrected chi connectivity index (χ4v) is 5.01. The van der Waals surface area contributed by atoms with Crippen molar-refractivity contribution in [1.82, 2.24) is 0 Å². The van der Waals surface area contributed by atoms with Gasteiger partial charge in [-0.15, -0.1) is 0 Å². The summed E-state index contributed by atoms with van der Waals surface area (Å²) in [5.41, 5.74) is 2.04. The third-order valence-electron chi connectivity index (χ3n) is 5.63. The molecule has 184 valence electrons. The number of ether oxygens (including phenoxy) is 2. The minimum Gasteiger partial charge on any atom is -0.463 e. The van der Waals surface area contributed by atoms with Crippen molar-refractivity contribution in [2.24, 2.45) is 11.8 Å². The van der Waals surface area contributed by atoms with E-state index in [0.29, 0.717) is 32.3 Å². The lowest BCUT2D eigenvalue weighted by Crippen LogP contribution is -2.20. The minimum absolute atomic E-state index is 0.0297. The number of Topliss-reactive ketones (excluding diaryl/α,β-unsaturated/α-hetero) is 1. The minimum atomic E-state index is -0.720. The van der Waals surface area contributed by atoms with Gasteiger partial charge in [-0.05, 0) is 35.5 Å². The molecule has 1 aromatic rings. The third-order valence-corrected chi connectivity index (χ3v) is 6.73. The van der Waals surface area contributed by atoms with Gasteiger partial charge in [0.05, 0.1) is 25.4 Å². The monoisotopic (exact) mass is 480 g/mol. The van der Waals surface area contributed by atoms with Crippen LogP contribution in [-0.2, 0) is 32.1 Å². The highest BCUT2D eigenvalue weighted by atomic mass is 32.2. The second-order valence-corrected chi connectivity index (χ2v) is 9.50. The molecule has 1 aliphatic carbocycles. The number of ketones is 1. The third kappa shape index (κ3) is 9.98. The average Bonchev–Trinajstić information content (AvgIpc) is 3.05. The number of hydrogen-bond acceptors (Lipinski definition) is 8. The molecule has 1 saturated carbocycles. The van der Waals surface area contributed by atoms with Gasteiger partial charge >= 0.3 is 5.97 Å². The summed E-state index contributed by atoms with van der Waals surface area (Å²) < 4.78 is 9.96. The van der Waals surface area contributed by atoms with E-state index in [2.05, 4.69) is 0 Å². The second-order valence-electron chi connectivity index (χ2n) is 8.28. The number of methoxy groups -OCH3 is 1. The molecule has 4 atom stereocenters. The Bertz CT molecular complexity index is 767. The summed E-state index contributed by atoms with van der Waals surface area (Å²) in [6.45, 7) is 0.377. The van der Waals surface area contributed by atoms with Gasteiger partial charge in [0, 0.05) is 38.2 Å². The first-order valence-electron chi connectivity index (χ1n) is 11.4. The van der Waals surface area contributed by atoms with Crippen LogP contribution >= 0.6 is 11.8 Å². The maximum absolute atomic E-state index is 12.4. The zero-order chi connectivity index (χ0) is 24.1. The molecule has 0 aliphatic heterocycles. The van der Waals surface area contributed by atoms with Crippen LogP contribution in [0.1, 0.15) is 36.8 Å². The van der Waals surface area contributed by atoms with E-state index < -0.39 is 12.2 Å². The molecule has 0 heterocycles. The number of thioether (sulfide) groups is 1. The number of aliphatic hydroxyl groups is 3. The normalized spacial score (nSPS) is 21.6. The summed E-state index contributed by atoms with van der Waals surface area (Å²) in [5.74, 6) is 0.740. The molecule has 3 N–H and O–H groups in total. The van der Waals surface area contributed by atoms with Crippen LogP contribution in [0.3, 0.4) is 0 Å². The molecule has 2 rings (SSSR count). The van der Waals surface area contributed by atoms with Crippen LogP contribution < -0.4 is 0 Å². The summed E-state index contributed by atoms with van der Waals surface area (Å²) in [7, 11) is 1.64. The summed E-state index contributed by atoms with van der Waals surface area (Å²) in [4.78, 5) is 23.8. The number of rotatable bonds is 15. The number of carbonyl (C=O) groups is 2. The lowest BCUT2D eigenvalue weighted by molar-refractivity contribution is -0.144. The first-order chi connectivity index (χ1) is 15.9. The summed E-state index contributed by atoms with van der Waals surface area (Å²) in [5, 5.41) is 29.4. The van der Waals surface area contributed by atoms with Crippen LogP contribution in [-0.4, -0.2) is 71.1 Å². The highest BCUT2D eigenvalue weighted by Crippen LogP contribution is 2.34. The summed E-state index contributed by atoms with van der Waals surface area (Å²) in [6, 6.07) is 7.87. The van der Waals surface area contributed by atoms with Crippen molar-refractivity contribution in [3.8, 4) is 0 Å². The first-order valence-corrected chi connectivity index (χ1v) is 12.6. The quantitative estimate of drug-likeness (QED) is 0.199. The fourth-order valence-electron chi connectivity index (χ4n) is 4.03. The van der Waals surface area contributed by atoms with E-state index in [4.69, 9.17) is 14.6 Å². The van der Waals surface area contributed by atoms with Crippen molar-refractivity contribution in [1.29, 1.82) is 0 Å². The SMILES string of the molecule is COCc1cccc(C[C@H](O)/C=C/[C@@H]2[C@H](O)CC(=O)[C@@H]2CCSCCCC(=O)OCCO)c1. The van der Waals surface area contributed by atoms with Crippen molar-refractivity contribution in [3.63, 3.8) is 0 Å². The Kier molecular flexibility index (Phi) is 12.7. The topological polar surface area (TPSA) is 113 Å². The Balaban J connectivity index is 1.78. The van der Waals surface area contributed by atoms with Crippen LogP contribution in [0.2, 0.25) is 0 Å². The van der Waals surface area contributed by atoms with Crippen LogP contribution in [0, 0.1) is 11.8 Å². The van der Waals surface area contributed by atoms with E-state index in [-0.39, 0.29) is 43.2 Å². The van der Waals surface area contributed by atoms with Gasteiger partial charge < -0.3 is 24.8 Å². The summed E-state index contributed by atoms with van der Waals surface area (Å²) >= 11 is 1.67. The Morgan fingerprint density at radius 2 is 2.09 bits per heavy atom. The van der Waals surface area contributed by atoms with E-state index in [1.807, 2.05) is 24.3 Å². The van der Waals surface area contributed by atoms with E-state index in [0.717, 1.165) is 22.6 Å². The molecule has 33 heavy (non-hydrogen) atoms. The van der Waals surface area contributed by atoms with Gasteiger partial charge in [-0.25, -0.2) is 0 Å². The van der Waals surface area contributed by atoms with Gasteiger partial charge in [0.15, 0.2) is 0 Å². The van der Waals surface area contributed by atoms with Crippen molar-refractivity contribution >= 4 is 23.5 Å². The standard InChI is InChI=1S/C25H36O7S/c1-31-17-19-5-2-4-18(14-19)15-20(27)7-8-21-22(24(29)16-23(21)28)9-13-33-12-3-6-25(30)32-11-10-26/h2,4-5,7-8,14,20-23,26-28H,3,6,9-13,15-17H2,1H3/b8-7+/t20-,21+,22-,23-/m1/s1. The summed E-state index contributed by atoms with van der Waals surface area (Å²) in [6.07, 6.45) is 4.30. The molecular formula is C25H36O7S. The number of benzene rings is 1. The van der Waals surface area contributed by atoms with Gasteiger partial charge in [0.25, 0.3) is 0 Å². The highest BCUT2D eigenvalue weighted by molar-refractivity contribution is 7.99. The van der Waals surface area contributed by atoms with E-state index in [9.17, 15) is 19.8 Å². The van der Waals surface area contributed by atoms with Crippen molar-refractivity contribution in [2.75, 3.05) is 31.8 Å². The Morgan fingerprint density at radius 3 is 2.85 bits per heavy atom. The highest BCUT2D eigenvalue weighted by Gasteiger charge is 2.39. The van der Waals surface area contributed by atoms with Gasteiger partial charge in [-0.3, -0.25) is 9.59 Å². The maximum Gasteiger partial charge on any atom is 0.305 e. The zero-order valence-electron chi connectivity index (χ0n) is 19.2. The number of carbonyl (C=O) groups excluding carboxylic acids is 2. The van der Waals surface area contributed by atoms with Crippen molar-refractivity contribution in [3.05, 3.63) is 47.5 Å². The first kappa shape index (κ1) is 27.5. The molecule has 0 spiro atoms. The number of aliphatic hydroxyl groups excluding tert-OH is 3. The maximum atomic E-state index is 12.4. The second kappa shape index (κ2) is 15.2. The van der Waals surface area contributed by atoms with Crippen LogP contribution in [0.25, 0.3) is 0 Å². The molecule has 7 nitrogen and oxygen atoms in total. The molecule has 1 aliphatic rings. The van der Waals surface area contributed by atoms with Crippen molar-refractivity contribution < 1.29 is 34.4 Å². The van der Waals surface area contributed by atoms with E-state index >= 15 is 0 Å². The van der Waals surface area contributed by atoms with Gasteiger partial charge in [0.1, 0.15) is 12.4 Å². The molecule has 0 saturated heterocycles. The zero-order valence-corrected chi connectivity index (χ0v) is 20.0. The molecular weight excluding hydrogens is 444 g/mol. The molecule has 1 aromatic carbocycles. The van der Waals surface area contributed by atoms with Crippen LogP contribution in [0.5, 0.6) is 0 Å². The van der Waals surface area contributed by atoms with Crippen molar-refractivity contribution in [2.45, 2.75) is 50.9 Å². The van der Waals surface area contributed by atoms with E-state index in [1.54, 1.807) is 31.0 Å². The predicted octanol–water partition coefficient (Wildman–Crippen LogP) is 2.30. The molecule has 0 radical (unpaired) electrons. The fraction of sp³-hybridized carbons (Fsp3) is 0.600. The average molecular weight is 481 g/mol. The largest absolute Gasteiger partial charge is 0.463 e. The molecule has 1 fully saturated rings. The van der Waals surface area contributed by atoms with Crippen LogP contribution in [0.15, 0.2) is 36.4 Å². The van der Waals surface area contributed by atoms with Gasteiger partial charge in [-0.2, -0.15) is 11.8 Å². The predicted molar refractivity (Wildman–Crippen MR) is 128 cm³/mol. The Morgan fingerprint density at radius 1 is 1.30 bits per heavy atom.